The van der Waals surface area contributed by atoms with Crippen LogP contribution in [-0.2, 0) is 0 Å². The molecule has 0 fully saturated rings. The fourth-order valence-corrected chi connectivity index (χ4v) is 8.25. The van der Waals surface area contributed by atoms with Crippen LogP contribution in [0.15, 0.2) is 209 Å². The van der Waals surface area contributed by atoms with Crippen molar-refractivity contribution in [3.05, 3.63) is 211 Å². The Labute approximate surface area is 323 Å². The maximum Gasteiger partial charge on any atom is 0.159 e. The van der Waals surface area contributed by atoms with E-state index in [1.807, 2.05) is 30.3 Å². The van der Waals surface area contributed by atoms with Crippen molar-refractivity contribution in [2.75, 3.05) is 0 Å². The molecule has 5 heteroatoms. The first kappa shape index (κ1) is 32.0. The molecule has 0 radical (unpaired) electrons. The fourth-order valence-electron chi connectivity index (χ4n) is 8.25. The lowest BCUT2D eigenvalue weighted by Crippen LogP contribution is -2.33. The van der Waals surface area contributed by atoms with Crippen molar-refractivity contribution in [3.63, 3.8) is 0 Å². The van der Waals surface area contributed by atoms with Crippen molar-refractivity contribution in [2.24, 2.45) is 9.98 Å². The Morgan fingerprint density at radius 3 is 1.75 bits per heavy atom. The summed E-state index contributed by atoms with van der Waals surface area (Å²) in [6, 6.07) is 67.9. The van der Waals surface area contributed by atoms with Crippen LogP contribution in [0.2, 0.25) is 0 Å². The summed E-state index contributed by atoms with van der Waals surface area (Å²) >= 11 is 0. The van der Waals surface area contributed by atoms with Gasteiger partial charge in [0.05, 0.1) is 16.7 Å². The molecule has 8 aromatic carbocycles. The van der Waals surface area contributed by atoms with E-state index in [9.17, 15) is 0 Å². The van der Waals surface area contributed by atoms with Crippen molar-refractivity contribution in [3.8, 4) is 27.9 Å². The third-order valence-corrected chi connectivity index (χ3v) is 10.8. The molecule has 5 nitrogen and oxygen atoms in total. The number of hydrogen-bond acceptors (Lipinski definition) is 4. The van der Waals surface area contributed by atoms with Crippen LogP contribution in [0.4, 0.5) is 0 Å². The molecule has 10 aromatic rings. The smallest absolute Gasteiger partial charge is 0.159 e. The van der Waals surface area contributed by atoms with Crippen LogP contribution in [0, 0.1) is 0 Å². The van der Waals surface area contributed by atoms with E-state index in [1.165, 1.54) is 10.8 Å². The van der Waals surface area contributed by atoms with Gasteiger partial charge in [0.1, 0.15) is 17.6 Å². The minimum Gasteiger partial charge on any atom is -0.454 e. The largest absolute Gasteiger partial charge is 0.454 e. The van der Waals surface area contributed by atoms with Gasteiger partial charge in [0, 0.05) is 32.7 Å². The van der Waals surface area contributed by atoms with Crippen LogP contribution < -0.4 is 5.32 Å². The lowest BCUT2D eigenvalue weighted by atomic mass is 9.97. The van der Waals surface area contributed by atoms with Gasteiger partial charge in [-0.05, 0) is 64.2 Å². The number of hydrogen-bond donors (Lipinski definition) is 1. The number of nitrogens with one attached hydrogen (secondary N) is 1. The maximum atomic E-state index is 7.05. The average molecular weight is 719 g/mol. The molecule has 1 N–H and O–H groups in total. The summed E-state index contributed by atoms with van der Waals surface area (Å²) in [5.41, 5.74) is 12.3. The van der Waals surface area contributed by atoms with Gasteiger partial charge in [-0.15, -0.1) is 0 Å². The highest BCUT2D eigenvalue weighted by Gasteiger charge is 2.26. The number of fused-ring (bicyclic) bond motifs is 6. The van der Waals surface area contributed by atoms with Gasteiger partial charge in [-0.25, -0.2) is 9.98 Å². The van der Waals surface area contributed by atoms with Crippen molar-refractivity contribution >= 4 is 55.4 Å². The minimum absolute atomic E-state index is 0.386. The summed E-state index contributed by atoms with van der Waals surface area (Å²) in [6.07, 6.45) is -0.386. The van der Waals surface area contributed by atoms with Crippen molar-refractivity contribution < 1.29 is 4.42 Å². The van der Waals surface area contributed by atoms with Gasteiger partial charge in [-0.1, -0.05) is 158 Å². The Morgan fingerprint density at radius 1 is 0.482 bits per heavy atom. The monoisotopic (exact) mass is 718 g/mol. The van der Waals surface area contributed by atoms with Crippen molar-refractivity contribution in [1.29, 1.82) is 0 Å². The maximum absolute atomic E-state index is 7.05. The molecule has 1 aliphatic heterocycles. The SMILES string of the molecule is c1ccc(C2=NC(c3cccc(-c4ccccc4)c3)NC(c3cc(-c4ccccc4)cc4oc5c(-n6c7ccccc7c7ccccc76)cccc5c34)=N2)cc1. The molecule has 0 saturated carbocycles. The molecule has 0 spiro atoms. The van der Waals surface area contributed by atoms with Crippen LogP contribution in [0.3, 0.4) is 0 Å². The summed E-state index contributed by atoms with van der Waals surface area (Å²) in [4.78, 5) is 10.6. The Morgan fingerprint density at radius 2 is 1.05 bits per heavy atom. The molecule has 264 valence electrons. The number of nitrogens with zero attached hydrogens (tertiary/aromatic N) is 3. The summed E-state index contributed by atoms with van der Waals surface area (Å²) in [7, 11) is 0. The van der Waals surface area contributed by atoms with Gasteiger partial charge in [0.25, 0.3) is 0 Å². The quantitative estimate of drug-likeness (QED) is 0.186. The third-order valence-electron chi connectivity index (χ3n) is 10.8. The summed E-state index contributed by atoms with van der Waals surface area (Å²) in [5, 5.41) is 8.23. The summed E-state index contributed by atoms with van der Waals surface area (Å²) in [5.74, 6) is 1.41. The van der Waals surface area contributed by atoms with E-state index in [1.54, 1.807) is 0 Å². The second-order valence-corrected chi connectivity index (χ2v) is 14.2. The van der Waals surface area contributed by atoms with Gasteiger partial charge in [0.2, 0.25) is 0 Å². The third kappa shape index (κ3) is 5.32. The highest BCUT2D eigenvalue weighted by Crippen LogP contribution is 2.41. The van der Waals surface area contributed by atoms with Gasteiger partial charge < -0.3 is 14.3 Å². The predicted molar refractivity (Wildman–Crippen MR) is 231 cm³/mol. The van der Waals surface area contributed by atoms with Crippen LogP contribution in [0.1, 0.15) is 22.9 Å². The molecular weight excluding hydrogens is 685 g/mol. The lowest BCUT2D eigenvalue weighted by Gasteiger charge is -2.24. The van der Waals surface area contributed by atoms with E-state index in [0.29, 0.717) is 5.84 Å². The Hall–Kier alpha value is -7.50. The zero-order valence-electron chi connectivity index (χ0n) is 30.3. The lowest BCUT2D eigenvalue weighted by molar-refractivity contribution is 0.665. The van der Waals surface area contributed by atoms with E-state index in [0.717, 1.165) is 83.4 Å². The number of amidine groups is 2. The van der Waals surface area contributed by atoms with Gasteiger partial charge in [-0.3, -0.25) is 0 Å². The molecule has 0 bridgehead atoms. The average Bonchev–Trinajstić information content (AvgIpc) is 3.83. The number of aromatic nitrogens is 1. The van der Waals surface area contributed by atoms with Crippen molar-refractivity contribution in [2.45, 2.75) is 6.17 Å². The first-order valence-electron chi connectivity index (χ1n) is 18.9. The second-order valence-electron chi connectivity index (χ2n) is 14.2. The highest BCUT2D eigenvalue weighted by molar-refractivity contribution is 6.23. The fraction of sp³-hybridized carbons (Fsp3) is 0.0196. The van der Waals surface area contributed by atoms with Crippen LogP contribution in [-0.4, -0.2) is 16.2 Å². The number of benzene rings is 8. The predicted octanol–water partition coefficient (Wildman–Crippen LogP) is 12.5. The first-order chi connectivity index (χ1) is 27.8. The molecule has 11 rings (SSSR count). The molecular formula is C51H34N4O. The topological polar surface area (TPSA) is 54.8 Å². The van der Waals surface area contributed by atoms with E-state index < -0.39 is 0 Å². The molecule has 0 aliphatic carbocycles. The number of furan rings is 1. The van der Waals surface area contributed by atoms with E-state index >= 15 is 0 Å². The molecule has 0 saturated heterocycles. The molecule has 0 amide bonds. The highest BCUT2D eigenvalue weighted by atomic mass is 16.3. The van der Waals surface area contributed by atoms with Gasteiger partial charge in [-0.2, -0.15) is 0 Å². The Balaban J connectivity index is 1.15. The summed E-state index contributed by atoms with van der Waals surface area (Å²) < 4.78 is 9.39. The molecule has 3 heterocycles. The van der Waals surface area contributed by atoms with Gasteiger partial charge >= 0.3 is 0 Å². The standard InChI is InChI=1S/C51H34N4O/c1-4-16-33(17-5-1)36-22-14-23-37(30-36)50-52-49(35-20-8-3-9-21-35)53-51(54-50)42-31-38(34-18-6-2-7-19-34)32-46-47(42)41-26-15-29-45(48(41)56-46)55-43-27-12-10-24-39(43)40-25-11-13-28-44(40)55/h1-32,50H,(H,52,53,54). The van der Waals surface area contributed by atoms with Crippen LogP contribution in [0.25, 0.3) is 71.7 Å². The Bertz CT molecular complexity index is 3100. The number of aliphatic imine (C=N–C) groups is 2. The number of rotatable bonds is 6. The van der Waals surface area contributed by atoms with Gasteiger partial charge in [0.15, 0.2) is 11.4 Å². The molecule has 1 atom stereocenters. The zero-order chi connectivity index (χ0) is 37.0. The van der Waals surface area contributed by atoms with E-state index in [4.69, 9.17) is 14.4 Å². The number of para-hydroxylation sites is 3. The van der Waals surface area contributed by atoms with E-state index in [2.05, 4.69) is 174 Å². The zero-order valence-corrected chi connectivity index (χ0v) is 30.3. The second kappa shape index (κ2) is 13.1. The first-order valence-corrected chi connectivity index (χ1v) is 18.9. The normalized spacial score (nSPS) is 14.2. The summed E-state index contributed by atoms with van der Waals surface area (Å²) in [6.45, 7) is 0. The molecule has 2 aromatic heterocycles. The molecule has 56 heavy (non-hydrogen) atoms. The van der Waals surface area contributed by atoms with Crippen molar-refractivity contribution in [1.82, 2.24) is 9.88 Å². The van der Waals surface area contributed by atoms with Crippen LogP contribution >= 0.6 is 0 Å². The Kier molecular flexibility index (Phi) is 7.49. The minimum atomic E-state index is -0.386. The van der Waals surface area contributed by atoms with E-state index in [-0.39, 0.29) is 6.17 Å². The molecule has 1 unspecified atom stereocenters. The van der Waals surface area contributed by atoms with Crippen LogP contribution in [0.5, 0.6) is 0 Å². The molecule has 1 aliphatic rings.